The maximum Gasteiger partial charge on any atom is 0.297 e. The van der Waals surface area contributed by atoms with Crippen molar-refractivity contribution in [3.05, 3.63) is 88.5 Å². The van der Waals surface area contributed by atoms with Crippen molar-refractivity contribution < 1.29 is 0 Å². The predicted octanol–water partition coefficient (Wildman–Crippen LogP) is 3.20. The Bertz CT molecular complexity index is 823. The van der Waals surface area contributed by atoms with Crippen LogP contribution in [0.5, 0.6) is 0 Å². The highest BCUT2D eigenvalue weighted by atomic mass is 16.1. The molecule has 0 aliphatic heterocycles. The number of nitrogens with zero attached hydrogens (tertiary/aromatic N) is 2. The van der Waals surface area contributed by atoms with Gasteiger partial charge in [0.2, 0.25) is 0 Å². The van der Waals surface area contributed by atoms with Crippen LogP contribution in [0.4, 0.5) is 5.82 Å². The van der Waals surface area contributed by atoms with E-state index in [1.165, 1.54) is 5.56 Å². The molecule has 0 atom stereocenters. The summed E-state index contributed by atoms with van der Waals surface area (Å²) < 4.78 is 1.61. The zero-order valence-corrected chi connectivity index (χ0v) is 13.1. The molecule has 1 aromatic heterocycles. The van der Waals surface area contributed by atoms with Crippen LogP contribution < -0.4 is 10.9 Å². The molecule has 0 fully saturated rings. The molecule has 0 spiro atoms. The summed E-state index contributed by atoms with van der Waals surface area (Å²) in [4.78, 5) is 16.7. The minimum absolute atomic E-state index is 0.135. The molecule has 0 saturated heterocycles. The molecule has 3 rings (SSSR count). The molecule has 0 saturated carbocycles. The Morgan fingerprint density at radius 1 is 1.04 bits per heavy atom. The molecule has 3 aromatic rings. The number of anilines is 1. The van der Waals surface area contributed by atoms with E-state index in [9.17, 15) is 4.79 Å². The van der Waals surface area contributed by atoms with Gasteiger partial charge in [0.15, 0.2) is 5.82 Å². The Hall–Kier alpha value is -2.88. The summed E-state index contributed by atoms with van der Waals surface area (Å²) in [5.41, 5.74) is 3.10. The number of rotatable bonds is 5. The van der Waals surface area contributed by atoms with Gasteiger partial charge in [0.1, 0.15) is 0 Å². The van der Waals surface area contributed by atoms with E-state index in [2.05, 4.69) is 22.4 Å². The van der Waals surface area contributed by atoms with Crippen molar-refractivity contribution >= 4 is 5.82 Å². The highest BCUT2D eigenvalue weighted by molar-refractivity contribution is 5.39. The number of aromatic nitrogens is 2. The first-order valence-electron chi connectivity index (χ1n) is 7.66. The zero-order chi connectivity index (χ0) is 16.1. The van der Waals surface area contributed by atoms with E-state index >= 15 is 0 Å². The van der Waals surface area contributed by atoms with Crippen molar-refractivity contribution in [2.75, 3.05) is 11.9 Å². The summed E-state index contributed by atoms with van der Waals surface area (Å²) in [7, 11) is 0. The summed E-state index contributed by atoms with van der Waals surface area (Å²) in [6.45, 7) is 2.69. The van der Waals surface area contributed by atoms with Crippen LogP contribution in [0.1, 0.15) is 11.1 Å². The molecule has 0 radical (unpaired) electrons. The van der Waals surface area contributed by atoms with Crippen molar-refractivity contribution in [2.45, 2.75) is 13.3 Å². The Morgan fingerprint density at radius 2 is 1.78 bits per heavy atom. The standard InChI is InChI=1S/C19H19N3O/c1-15-7-9-17(10-8-15)22-14-13-21-18(19(22)23)20-12-11-16-5-3-2-4-6-16/h2-10,13-14H,11-12H2,1H3,(H,20,21). The topological polar surface area (TPSA) is 46.9 Å². The Morgan fingerprint density at radius 3 is 2.52 bits per heavy atom. The third-order valence-corrected chi connectivity index (χ3v) is 3.70. The van der Waals surface area contributed by atoms with Crippen LogP contribution in [0.25, 0.3) is 5.69 Å². The monoisotopic (exact) mass is 305 g/mol. The van der Waals surface area contributed by atoms with Gasteiger partial charge in [0.25, 0.3) is 5.56 Å². The maximum atomic E-state index is 12.5. The number of hydrogen-bond acceptors (Lipinski definition) is 3. The lowest BCUT2D eigenvalue weighted by Crippen LogP contribution is -2.24. The van der Waals surface area contributed by atoms with E-state index < -0.39 is 0 Å². The van der Waals surface area contributed by atoms with Crippen LogP contribution in [0.15, 0.2) is 71.8 Å². The quantitative estimate of drug-likeness (QED) is 0.787. The van der Waals surface area contributed by atoms with Crippen LogP contribution in [0.2, 0.25) is 0 Å². The molecule has 0 amide bonds. The Kier molecular flexibility index (Phi) is 4.52. The van der Waals surface area contributed by atoms with Crippen LogP contribution >= 0.6 is 0 Å². The van der Waals surface area contributed by atoms with Crippen LogP contribution in [0.3, 0.4) is 0 Å². The molecule has 23 heavy (non-hydrogen) atoms. The van der Waals surface area contributed by atoms with Crippen molar-refractivity contribution in [1.29, 1.82) is 0 Å². The molecule has 0 unspecified atom stereocenters. The first-order valence-corrected chi connectivity index (χ1v) is 7.66. The van der Waals surface area contributed by atoms with E-state index in [0.717, 1.165) is 17.7 Å². The van der Waals surface area contributed by atoms with Gasteiger partial charge in [0, 0.05) is 24.6 Å². The van der Waals surface area contributed by atoms with Crippen LogP contribution in [-0.2, 0) is 6.42 Å². The summed E-state index contributed by atoms with van der Waals surface area (Å²) in [5.74, 6) is 0.379. The van der Waals surface area contributed by atoms with Gasteiger partial charge in [-0.2, -0.15) is 0 Å². The first kappa shape index (κ1) is 15.0. The fourth-order valence-electron chi connectivity index (χ4n) is 2.41. The molecular weight excluding hydrogens is 286 g/mol. The molecule has 116 valence electrons. The molecule has 0 aliphatic rings. The average Bonchev–Trinajstić information content (AvgIpc) is 2.58. The third kappa shape index (κ3) is 3.66. The van der Waals surface area contributed by atoms with Gasteiger partial charge in [-0.1, -0.05) is 48.0 Å². The number of hydrogen-bond donors (Lipinski definition) is 1. The number of nitrogens with one attached hydrogen (secondary N) is 1. The molecule has 0 aliphatic carbocycles. The van der Waals surface area contributed by atoms with Gasteiger partial charge < -0.3 is 5.32 Å². The SMILES string of the molecule is Cc1ccc(-n2ccnc(NCCc3ccccc3)c2=O)cc1. The fraction of sp³-hybridized carbons (Fsp3) is 0.158. The first-order chi connectivity index (χ1) is 11.2. The number of benzene rings is 2. The average molecular weight is 305 g/mol. The molecule has 4 nitrogen and oxygen atoms in total. The van der Waals surface area contributed by atoms with Crippen molar-refractivity contribution in [3.8, 4) is 5.69 Å². The van der Waals surface area contributed by atoms with E-state index in [-0.39, 0.29) is 5.56 Å². The summed E-state index contributed by atoms with van der Waals surface area (Å²) >= 11 is 0. The summed E-state index contributed by atoms with van der Waals surface area (Å²) in [5, 5.41) is 3.14. The second-order valence-corrected chi connectivity index (χ2v) is 5.45. The lowest BCUT2D eigenvalue weighted by atomic mass is 10.1. The molecule has 4 heteroatoms. The molecule has 1 N–H and O–H groups in total. The minimum atomic E-state index is -0.135. The molecular formula is C19H19N3O. The fourth-order valence-corrected chi connectivity index (χ4v) is 2.41. The van der Waals surface area contributed by atoms with E-state index in [4.69, 9.17) is 0 Å². The Balaban J connectivity index is 1.75. The van der Waals surface area contributed by atoms with E-state index in [1.54, 1.807) is 17.0 Å². The highest BCUT2D eigenvalue weighted by Gasteiger charge is 2.06. The van der Waals surface area contributed by atoms with Crippen LogP contribution in [-0.4, -0.2) is 16.1 Å². The van der Waals surface area contributed by atoms with Gasteiger partial charge in [0.05, 0.1) is 0 Å². The molecule has 0 bridgehead atoms. The lowest BCUT2D eigenvalue weighted by molar-refractivity contribution is 0.931. The summed E-state index contributed by atoms with van der Waals surface area (Å²) in [6.07, 6.45) is 4.18. The highest BCUT2D eigenvalue weighted by Crippen LogP contribution is 2.08. The Labute approximate surface area is 135 Å². The molecule has 2 aromatic carbocycles. The minimum Gasteiger partial charge on any atom is -0.365 e. The van der Waals surface area contributed by atoms with Gasteiger partial charge in [-0.05, 0) is 31.0 Å². The smallest absolute Gasteiger partial charge is 0.297 e. The second kappa shape index (κ2) is 6.92. The second-order valence-electron chi connectivity index (χ2n) is 5.45. The normalized spacial score (nSPS) is 10.5. The lowest BCUT2D eigenvalue weighted by Gasteiger charge is -2.09. The van der Waals surface area contributed by atoms with Crippen molar-refractivity contribution in [1.82, 2.24) is 9.55 Å². The van der Waals surface area contributed by atoms with Gasteiger partial charge in [-0.3, -0.25) is 9.36 Å². The van der Waals surface area contributed by atoms with Crippen LogP contribution in [0, 0.1) is 6.92 Å². The zero-order valence-electron chi connectivity index (χ0n) is 13.1. The van der Waals surface area contributed by atoms with Crippen molar-refractivity contribution in [3.63, 3.8) is 0 Å². The van der Waals surface area contributed by atoms with Gasteiger partial charge >= 0.3 is 0 Å². The summed E-state index contributed by atoms with van der Waals surface area (Å²) in [6, 6.07) is 18.0. The van der Waals surface area contributed by atoms with Crippen molar-refractivity contribution in [2.24, 2.45) is 0 Å². The predicted molar refractivity (Wildman–Crippen MR) is 93.2 cm³/mol. The largest absolute Gasteiger partial charge is 0.365 e. The van der Waals surface area contributed by atoms with E-state index in [1.807, 2.05) is 49.4 Å². The van der Waals surface area contributed by atoms with Gasteiger partial charge in [-0.15, -0.1) is 0 Å². The van der Waals surface area contributed by atoms with E-state index in [0.29, 0.717) is 12.4 Å². The third-order valence-electron chi connectivity index (χ3n) is 3.70. The molecule has 1 heterocycles. The van der Waals surface area contributed by atoms with Gasteiger partial charge in [-0.25, -0.2) is 4.98 Å². The number of aryl methyl sites for hydroxylation is 1. The maximum absolute atomic E-state index is 12.5.